The van der Waals surface area contributed by atoms with Crippen molar-refractivity contribution >= 4 is 11.8 Å². The Morgan fingerprint density at radius 2 is 1.67 bits per heavy atom. The SMILES string of the molecule is CCC(C(=O)NNC(=O)c1nn(-c2ccccc2)cc1O)c1ccccc1. The molecule has 3 aromatic rings. The maximum atomic E-state index is 12.4. The van der Waals surface area contributed by atoms with Crippen LogP contribution in [0.1, 0.15) is 35.3 Å². The standard InChI is InChI=1S/C20H20N4O3/c1-2-16(14-9-5-3-6-10-14)19(26)21-22-20(27)18-17(25)13-24(23-18)15-11-7-4-8-12-15/h3-13,16,25H,2H2,1H3,(H,21,26)(H,22,27). The number of benzene rings is 2. The lowest BCUT2D eigenvalue weighted by Gasteiger charge is -2.15. The molecule has 1 atom stereocenters. The summed E-state index contributed by atoms with van der Waals surface area (Å²) in [6.45, 7) is 1.90. The van der Waals surface area contributed by atoms with Crippen molar-refractivity contribution in [2.75, 3.05) is 0 Å². The molecule has 1 heterocycles. The molecule has 7 nitrogen and oxygen atoms in total. The van der Waals surface area contributed by atoms with Crippen LogP contribution in [0.15, 0.2) is 66.9 Å². The summed E-state index contributed by atoms with van der Waals surface area (Å²) in [5, 5.41) is 14.1. The van der Waals surface area contributed by atoms with Gasteiger partial charge in [-0.15, -0.1) is 0 Å². The van der Waals surface area contributed by atoms with Gasteiger partial charge in [0.2, 0.25) is 5.91 Å². The molecule has 3 rings (SSSR count). The molecule has 0 saturated carbocycles. The van der Waals surface area contributed by atoms with Crippen LogP contribution in [0.2, 0.25) is 0 Å². The molecule has 0 radical (unpaired) electrons. The van der Waals surface area contributed by atoms with Gasteiger partial charge < -0.3 is 5.11 Å². The number of aromatic nitrogens is 2. The third kappa shape index (κ3) is 4.14. The van der Waals surface area contributed by atoms with Gasteiger partial charge in [-0.3, -0.25) is 20.4 Å². The van der Waals surface area contributed by atoms with E-state index in [1.54, 1.807) is 12.1 Å². The number of carbonyl (C=O) groups is 2. The number of para-hydroxylation sites is 1. The minimum Gasteiger partial charge on any atom is -0.504 e. The van der Waals surface area contributed by atoms with Crippen molar-refractivity contribution in [3.8, 4) is 11.4 Å². The molecule has 0 fully saturated rings. The van der Waals surface area contributed by atoms with Crippen LogP contribution in [0, 0.1) is 0 Å². The molecule has 27 heavy (non-hydrogen) atoms. The highest BCUT2D eigenvalue weighted by atomic mass is 16.3. The number of amides is 2. The Morgan fingerprint density at radius 3 is 2.30 bits per heavy atom. The van der Waals surface area contributed by atoms with Gasteiger partial charge in [-0.1, -0.05) is 55.5 Å². The predicted octanol–water partition coefficient (Wildman–Crippen LogP) is 2.53. The van der Waals surface area contributed by atoms with Gasteiger partial charge in [-0.25, -0.2) is 4.68 Å². The maximum absolute atomic E-state index is 12.4. The highest BCUT2D eigenvalue weighted by Gasteiger charge is 2.21. The van der Waals surface area contributed by atoms with Crippen LogP contribution in [-0.2, 0) is 4.79 Å². The van der Waals surface area contributed by atoms with Gasteiger partial charge in [-0.05, 0) is 24.1 Å². The Balaban J connectivity index is 1.67. The van der Waals surface area contributed by atoms with Crippen LogP contribution < -0.4 is 10.9 Å². The van der Waals surface area contributed by atoms with Gasteiger partial charge in [0, 0.05) is 0 Å². The summed E-state index contributed by atoms with van der Waals surface area (Å²) >= 11 is 0. The smallest absolute Gasteiger partial charge is 0.294 e. The van der Waals surface area contributed by atoms with Crippen LogP contribution in [0.4, 0.5) is 0 Å². The van der Waals surface area contributed by atoms with E-state index in [0.29, 0.717) is 12.1 Å². The van der Waals surface area contributed by atoms with E-state index in [-0.39, 0.29) is 23.3 Å². The van der Waals surface area contributed by atoms with Crippen molar-refractivity contribution in [2.24, 2.45) is 0 Å². The van der Waals surface area contributed by atoms with E-state index in [1.807, 2.05) is 55.5 Å². The first kappa shape index (κ1) is 18.2. The Bertz CT molecular complexity index is 923. The summed E-state index contributed by atoms with van der Waals surface area (Å²) in [5.41, 5.74) is 6.11. The van der Waals surface area contributed by atoms with Crippen molar-refractivity contribution < 1.29 is 14.7 Å². The number of carbonyl (C=O) groups excluding carboxylic acids is 2. The van der Waals surface area contributed by atoms with Crippen LogP contribution in [0.25, 0.3) is 5.69 Å². The van der Waals surface area contributed by atoms with Crippen molar-refractivity contribution in [1.82, 2.24) is 20.6 Å². The van der Waals surface area contributed by atoms with E-state index in [1.165, 1.54) is 10.9 Å². The zero-order chi connectivity index (χ0) is 19.2. The van der Waals surface area contributed by atoms with Crippen molar-refractivity contribution in [1.29, 1.82) is 0 Å². The molecule has 1 aromatic heterocycles. The second kappa shape index (κ2) is 8.18. The van der Waals surface area contributed by atoms with Gasteiger partial charge in [0.15, 0.2) is 11.4 Å². The summed E-state index contributed by atoms with van der Waals surface area (Å²) in [6, 6.07) is 18.4. The third-order valence-corrected chi connectivity index (χ3v) is 4.16. The average Bonchev–Trinajstić information content (AvgIpc) is 3.10. The fraction of sp³-hybridized carbons (Fsp3) is 0.150. The molecular weight excluding hydrogens is 344 g/mol. The molecule has 2 amide bonds. The lowest BCUT2D eigenvalue weighted by atomic mass is 9.96. The van der Waals surface area contributed by atoms with E-state index in [4.69, 9.17) is 0 Å². The molecule has 0 saturated heterocycles. The number of hydrogen-bond acceptors (Lipinski definition) is 4. The Kier molecular flexibility index (Phi) is 5.51. The molecule has 2 aromatic carbocycles. The quantitative estimate of drug-likeness (QED) is 0.606. The summed E-state index contributed by atoms with van der Waals surface area (Å²) in [6.07, 6.45) is 1.92. The van der Waals surface area contributed by atoms with E-state index in [9.17, 15) is 14.7 Å². The van der Waals surface area contributed by atoms with Crippen molar-refractivity contribution in [3.05, 3.63) is 78.1 Å². The molecule has 0 aliphatic heterocycles. The van der Waals surface area contributed by atoms with Crippen molar-refractivity contribution in [2.45, 2.75) is 19.3 Å². The van der Waals surface area contributed by atoms with Gasteiger partial charge in [0.25, 0.3) is 5.91 Å². The highest BCUT2D eigenvalue weighted by molar-refractivity contribution is 5.96. The lowest BCUT2D eigenvalue weighted by molar-refractivity contribution is -0.123. The summed E-state index contributed by atoms with van der Waals surface area (Å²) < 4.78 is 1.39. The first-order valence-electron chi connectivity index (χ1n) is 8.59. The second-order valence-electron chi connectivity index (χ2n) is 5.96. The number of nitrogens with one attached hydrogen (secondary N) is 2. The topological polar surface area (TPSA) is 96.3 Å². The van der Waals surface area contributed by atoms with Gasteiger partial charge in [0.1, 0.15) is 0 Å². The average molecular weight is 364 g/mol. The molecule has 1 unspecified atom stereocenters. The fourth-order valence-electron chi connectivity index (χ4n) is 2.76. The van der Waals surface area contributed by atoms with E-state index in [0.717, 1.165) is 5.56 Å². The number of aromatic hydroxyl groups is 1. The first-order chi connectivity index (χ1) is 13.1. The largest absolute Gasteiger partial charge is 0.504 e. The molecule has 0 bridgehead atoms. The van der Waals surface area contributed by atoms with Crippen LogP contribution in [-0.4, -0.2) is 26.7 Å². The van der Waals surface area contributed by atoms with Crippen LogP contribution in [0.3, 0.4) is 0 Å². The van der Waals surface area contributed by atoms with Crippen LogP contribution >= 0.6 is 0 Å². The maximum Gasteiger partial charge on any atom is 0.294 e. The monoisotopic (exact) mass is 364 g/mol. The summed E-state index contributed by atoms with van der Waals surface area (Å²) in [7, 11) is 0. The fourth-order valence-corrected chi connectivity index (χ4v) is 2.76. The Hall–Kier alpha value is -3.61. The second-order valence-corrected chi connectivity index (χ2v) is 5.96. The number of nitrogens with zero attached hydrogens (tertiary/aromatic N) is 2. The highest BCUT2D eigenvalue weighted by Crippen LogP contribution is 2.20. The summed E-state index contributed by atoms with van der Waals surface area (Å²) in [5.74, 6) is -1.69. The Labute approximate surface area is 156 Å². The third-order valence-electron chi connectivity index (χ3n) is 4.16. The molecular formula is C20H20N4O3. The van der Waals surface area contributed by atoms with E-state index in [2.05, 4.69) is 16.0 Å². The van der Waals surface area contributed by atoms with Gasteiger partial charge in [-0.2, -0.15) is 5.10 Å². The van der Waals surface area contributed by atoms with Gasteiger partial charge in [0.05, 0.1) is 17.8 Å². The Morgan fingerprint density at radius 1 is 1.04 bits per heavy atom. The zero-order valence-corrected chi connectivity index (χ0v) is 14.8. The normalized spacial score (nSPS) is 11.6. The molecule has 7 heteroatoms. The minimum atomic E-state index is -0.696. The van der Waals surface area contributed by atoms with Crippen LogP contribution in [0.5, 0.6) is 5.75 Å². The van der Waals surface area contributed by atoms with Crippen molar-refractivity contribution in [3.63, 3.8) is 0 Å². The number of rotatable bonds is 5. The molecule has 0 aliphatic rings. The van der Waals surface area contributed by atoms with E-state index < -0.39 is 5.91 Å². The first-order valence-corrected chi connectivity index (χ1v) is 8.59. The predicted molar refractivity (Wildman–Crippen MR) is 100 cm³/mol. The zero-order valence-electron chi connectivity index (χ0n) is 14.8. The summed E-state index contributed by atoms with van der Waals surface area (Å²) in [4.78, 5) is 24.7. The van der Waals surface area contributed by atoms with Gasteiger partial charge >= 0.3 is 0 Å². The molecule has 138 valence electrons. The van der Waals surface area contributed by atoms with E-state index >= 15 is 0 Å². The molecule has 0 aliphatic carbocycles. The number of hydrazine groups is 1. The molecule has 0 spiro atoms. The minimum absolute atomic E-state index is 0.174. The lowest BCUT2D eigenvalue weighted by Crippen LogP contribution is -2.44. The molecule has 3 N–H and O–H groups in total. The number of hydrogen-bond donors (Lipinski definition) is 3.